The fourth-order valence-electron chi connectivity index (χ4n) is 3.47. The molecule has 1 atom stereocenters. The summed E-state index contributed by atoms with van der Waals surface area (Å²) in [5, 5.41) is 5.74. The van der Waals surface area contributed by atoms with Crippen molar-refractivity contribution in [3.05, 3.63) is 60.8 Å². The number of fused-ring (bicyclic) bond motifs is 1. The van der Waals surface area contributed by atoms with E-state index in [-0.39, 0.29) is 6.17 Å². The molecule has 0 bridgehead atoms. The third-order valence-corrected chi connectivity index (χ3v) is 4.91. The van der Waals surface area contributed by atoms with Crippen molar-refractivity contribution in [2.75, 3.05) is 6.54 Å². The largest absolute Gasteiger partial charge is 0.458 e. The molecule has 2 radical (unpaired) electrons. The second kappa shape index (κ2) is 8.33. The van der Waals surface area contributed by atoms with E-state index in [0.717, 1.165) is 41.7 Å². The minimum atomic E-state index is 0.00366. The van der Waals surface area contributed by atoms with Gasteiger partial charge in [-0.15, -0.1) is 6.42 Å². The molecule has 0 saturated carbocycles. The standard InChI is InChI=1S/C22H20BN5O/c1-3-5-7-17(4-2)29-18-11-9-16(10-12-18)21-19-14-24-15-25-22(19)28(26-21)20-8-6-13-27(20)23/h1,4-5,7,9-12,14-15,20H,6,8,13H2,2H3/b7-5-,17-4+/t20-/m1/s1. The van der Waals surface area contributed by atoms with Gasteiger partial charge in [0.1, 0.15) is 23.5 Å². The van der Waals surface area contributed by atoms with Crippen molar-refractivity contribution in [1.82, 2.24) is 24.6 Å². The predicted molar refractivity (Wildman–Crippen MR) is 114 cm³/mol. The van der Waals surface area contributed by atoms with E-state index < -0.39 is 0 Å². The van der Waals surface area contributed by atoms with E-state index in [1.807, 2.05) is 46.8 Å². The number of hydrogen-bond donors (Lipinski definition) is 0. The molecule has 0 amide bonds. The molecular weight excluding hydrogens is 361 g/mol. The van der Waals surface area contributed by atoms with Gasteiger partial charge in [0.05, 0.1) is 11.6 Å². The lowest BCUT2D eigenvalue weighted by Gasteiger charge is -2.20. The van der Waals surface area contributed by atoms with Crippen LogP contribution in [0.4, 0.5) is 0 Å². The van der Waals surface area contributed by atoms with Crippen LogP contribution in [0, 0.1) is 12.3 Å². The van der Waals surface area contributed by atoms with Crippen LogP contribution in [0.5, 0.6) is 5.75 Å². The molecule has 1 aliphatic heterocycles. The molecular formula is C22H20BN5O. The summed E-state index contributed by atoms with van der Waals surface area (Å²) in [6.45, 7) is 2.74. The molecule has 0 unspecified atom stereocenters. The van der Waals surface area contributed by atoms with E-state index in [2.05, 4.69) is 15.9 Å². The highest BCUT2D eigenvalue weighted by molar-refractivity contribution is 6.04. The highest BCUT2D eigenvalue weighted by Gasteiger charge is 2.26. The quantitative estimate of drug-likeness (QED) is 0.292. The summed E-state index contributed by atoms with van der Waals surface area (Å²) in [7, 11) is 6.15. The Kier molecular flexibility index (Phi) is 5.45. The van der Waals surface area contributed by atoms with E-state index in [9.17, 15) is 0 Å². The molecule has 2 aromatic heterocycles. The molecule has 3 aromatic rings. The van der Waals surface area contributed by atoms with Gasteiger partial charge in [-0.25, -0.2) is 14.6 Å². The summed E-state index contributed by atoms with van der Waals surface area (Å²) < 4.78 is 7.76. The number of aromatic nitrogens is 4. The average Bonchev–Trinajstić information content (AvgIpc) is 3.35. The Hall–Kier alpha value is -3.37. The van der Waals surface area contributed by atoms with E-state index in [4.69, 9.17) is 24.2 Å². The average molecular weight is 381 g/mol. The van der Waals surface area contributed by atoms with Crippen LogP contribution >= 0.6 is 0 Å². The number of allylic oxidation sites excluding steroid dienone is 3. The number of terminal acetylenes is 1. The Morgan fingerprint density at radius 3 is 2.86 bits per heavy atom. The van der Waals surface area contributed by atoms with Crippen molar-refractivity contribution in [3.63, 3.8) is 0 Å². The lowest BCUT2D eigenvalue weighted by atomic mass is 10.1. The zero-order valence-corrected chi connectivity index (χ0v) is 16.2. The molecule has 7 heteroatoms. The minimum absolute atomic E-state index is 0.00366. The Bertz CT molecular complexity index is 1110. The SMILES string of the molecule is [B]N1CCC[C@H]1n1nc(-c2ccc(OC(/C=C\C#C)=C/C)cc2)c2cncnc21. The first kappa shape index (κ1) is 19.0. The summed E-state index contributed by atoms with van der Waals surface area (Å²) in [6.07, 6.45) is 15.8. The lowest BCUT2D eigenvalue weighted by molar-refractivity contribution is 0.306. The maximum absolute atomic E-state index is 6.15. The Labute approximate surface area is 171 Å². The van der Waals surface area contributed by atoms with Gasteiger partial charge in [0, 0.05) is 11.8 Å². The topological polar surface area (TPSA) is 56.1 Å². The van der Waals surface area contributed by atoms with Gasteiger partial charge in [0.15, 0.2) is 13.6 Å². The Morgan fingerprint density at radius 2 is 2.17 bits per heavy atom. The van der Waals surface area contributed by atoms with Gasteiger partial charge in [-0.05, 0) is 68.8 Å². The predicted octanol–water partition coefficient (Wildman–Crippen LogP) is 3.64. The van der Waals surface area contributed by atoms with E-state index in [1.165, 1.54) is 0 Å². The van der Waals surface area contributed by atoms with E-state index >= 15 is 0 Å². The van der Waals surface area contributed by atoms with E-state index in [0.29, 0.717) is 11.5 Å². The summed E-state index contributed by atoms with van der Waals surface area (Å²) in [5.41, 5.74) is 2.57. The third-order valence-electron chi connectivity index (χ3n) is 4.91. The lowest BCUT2D eigenvalue weighted by Crippen LogP contribution is -2.25. The van der Waals surface area contributed by atoms with Crippen LogP contribution in [-0.4, -0.2) is 39.1 Å². The zero-order valence-electron chi connectivity index (χ0n) is 16.2. The molecule has 142 valence electrons. The Balaban J connectivity index is 1.67. The van der Waals surface area contributed by atoms with Gasteiger partial charge in [-0.2, -0.15) is 5.10 Å². The van der Waals surface area contributed by atoms with E-state index in [1.54, 1.807) is 24.7 Å². The maximum Gasteiger partial charge on any atom is 0.185 e. The molecule has 1 aliphatic rings. The highest BCUT2D eigenvalue weighted by Crippen LogP contribution is 2.33. The first-order valence-corrected chi connectivity index (χ1v) is 9.48. The van der Waals surface area contributed by atoms with Crippen LogP contribution in [0.25, 0.3) is 22.3 Å². The second-order valence-electron chi connectivity index (χ2n) is 6.73. The Morgan fingerprint density at radius 1 is 1.34 bits per heavy atom. The van der Waals surface area contributed by atoms with Crippen LogP contribution in [0.15, 0.2) is 60.8 Å². The molecule has 3 heterocycles. The van der Waals surface area contributed by atoms with Crippen molar-refractivity contribution in [1.29, 1.82) is 0 Å². The molecule has 1 aromatic carbocycles. The third kappa shape index (κ3) is 3.80. The number of ether oxygens (including phenoxy) is 1. The first-order chi connectivity index (χ1) is 14.2. The number of benzene rings is 1. The number of rotatable bonds is 5. The van der Waals surface area contributed by atoms with Crippen molar-refractivity contribution in [2.24, 2.45) is 0 Å². The normalized spacial score (nSPS) is 17.8. The highest BCUT2D eigenvalue weighted by atomic mass is 16.5. The molecule has 6 nitrogen and oxygen atoms in total. The molecule has 4 rings (SSSR count). The molecule has 0 aliphatic carbocycles. The van der Waals surface area contributed by atoms with Crippen molar-refractivity contribution in [3.8, 4) is 29.4 Å². The fraction of sp³-hybridized carbons (Fsp3) is 0.227. The van der Waals surface area contributed by atoms with Crippen molar-refractivity contribution in [2.45, 2.75) is 25.9 Å². The van der Waals surface area contributed by atoms with Crippen LogP contribution in [0.2, 0.25) is 0 Å². The molecule has 0 N–H and O–H groups in total. The van der Waals surface area contributed by atoms with Crippen LogP contribution in [0.1, 0.15) is 25.9 Å². The van der Waals surface area contributed by atoms with Crippen LogP contribution in [0.3, 0.4) is 0 Å². The van der Waals surface area contributed by atoms with Gasteiger partial charge in [-0.1, -0.05) is 5.92 Å². The maximum atomic E-state index is 6.15. The van der Waals surface area contributed by atoms with Gasteiger partial charge < -0.3 is 9.55 Å². The summed E-state index contributed by atoms with van der Waals surface area (Å²) in [4.78, 5) is 10.5. The smallest absolute Gasteiger partial charge is 0.185 e. The second-order valence-corrected chi connectivity index (χ2v) is 6.73. The van der Waals surface area contributed by atoms with Crippen molar-refractivity contribution >= 4 is 19.0 Å². The van der Waals surface area contributed by atoms with Crippen LogP contribution in [-0.2, 0) is 0 Å². The molecule has 29 heavy (non-hydrogen) atoms. The summed E-state index contributed by atoms with van der Waals surface area (Å²) >= 11 is 0. The summed E-state index contributed by atoms with van der Waals surface area (Å²) in [6, 6.07) is 7.76. The number of nitrogens with zero attached hydrogens (tertiary/aromatic N) is 5. The van der Waals surface area contributed by atoms with Crippen molar-refractivity contribution < 1.29 is 4.74 Å². The monoisotopic (exact) mass is 381 g/mol. The van der Waals surface area contributed by atoms with Gasteiger partial charge >= 0.3 is 0 Å². The molecule has 0 spiro atoms. The fourth-order valence-corrected chi connectivity index (χ4v) is 3.47. The molecule has 1 fully saturated rings. The minimum Gasteiger partial charge on any atom is -0.458 e. The molecule has 1 saturated heterocycles. The van der Waals surface area contributed by atoms with Crippen LogP contribution < -0.4 is 4.74 Å². The first-order valence-electron chi connectivity index (χ1n) is 9.48. The number of hydrogen-bond acceptors (Lipinski definition) is 5. The van der Waals surface area contributed by atoms with Gasteiger partial charge in [0.2, 0.25) is 0 Å². The van der Waals surface area contributed by atoms with Gasteiger partial charge in [-0.3, -0.25) is 0 Å². The zero-order chi connectivity index (χ0) is 20.2. The summed E-state index contributed by atoms with van der Waals surface area (Å²) in [5.74, 6) is 3.86. The van der Waals surface area contributed by atoms with Gasteiger partial charge in [0.25, 0.3) is 0 Å².